The fraction of sp³-hybridized carbons (Fsp3) is 0.150. The fourth-order valence-corrected chi connectivity index (χ4v) is 2.34. The minimum atomic E-state index is -0.718. The molecule has 122 valence electrons. The Labute approximate surface area is 140 Å². The Bertz CT molecular complexity index is 840. The third-order valence-electron chi connectivity index (χ3n) is 3.64. The molecule has 0 radical (unpaired) electrons. The van der Waals surface area contributed by atoms with Crippen LogP contribution in [-0.2, 0) is 4.79 Å². The molecule has 4 nitrogen and oxygen atoms in total. The molecule has 0 saturated heterocycles. The molecule has 0 amide bonds. The highest BCUT2D eigenvalue weighted by molar-refractivity contribution is 5.85. The van der Waals surface area contributed by atoms with Crippen LogP contribution in [-0.4, -0.2) is 19.2 Å². The van der Waals surface area contributed by atoms with Crippen molar-refractivity contribution >= 4 is 16.7 Å². The highest BCUT2D eigenvalue weighted by Crippen LogP contribution is 2.22. The van der Waals surface area contributed by atoms with E-state index in [4.69, 9.17) is 14.2 Å². The molecule has 0 fully saturated rings. The van der Waals surface area contributed by atoms with Gasteiger partial charge in [0.15, 0.2) is 6.10 Å². The van der Waals surface area contributed by atoms with Gasteiger partial charge in [0, 0.05) is 0 Å². The smallest absolute Gasteiger partial charge is 0.352 e. The summed E-state index contributed by atoms with van der Waals surface area (Å²) in [5.41, 5.74) is 0. The molecule has 0 spiro atoms. The number of fused-ring (bicyclic) bond motifs is 1. The normalized spacial score (nSPS) is 11.8. The third-order valence-corrected chi connectivity index (χ3v) is 3.64. The van der Waals surface area contributed by atoms with E-state index >= 15 is 0 Å². The van der Waals surface area contributed by atoms with Gasteiger partial charge in [-0.3, -0.25) is 0 Å². The molecule has 0 bridgehead atoms. The molecular weight excluding hydrogens is 304 g/mol. The monoisotopic (exact) mass is 322 g/mol. The molecular formula is C20H18O4. The van der Waals surface area contributed by atoms with Crippen LogP contribution in [0.4, 0.5) is 0 Å². The zero-order valence-electron chi connectivity index (χ0n) is 13.6. The highest BCUT2D eigenvalue weighted by Gasteiger charge is 2.17. The summed E-state index contributed by atoms with van der Waals surface area (Å²) >= 11 is 0. The van der Waals surface area contributed by atoms with E-state index in [2.05, 4.69) is 0 Å². The molecule has 0 aliphatic carbocycles. The van der Waals surface area contributed by atoms with Crippen molar-refractivity contribution in [2.45, 2.75) is 13.0 Å². The van der Waals surface area contributed by atoms with Crippen molar-refractivity contribution in [3.8, 4) is 17.2 Å². The Morgan fingerprint density at radius 3 is 2.17 bits per heavy atom. The van der Waals surface area contributed by atoms with Crippen LogP contribution in [0.25, 0.3) is 10.8 Å². The average molecular weight is 322 g/mol. The summed E-state index contributed by atoms with van der Waals surface area (Å²) in [6, 6.07) is 20.5. The van der Waals surface area contributed by atoms with Crippen LogP contribution in [0.15, 0.2) is 66.7 Å². The van der Waals surface area contributed by atoms with Gasteiger partial charge in [0.05, 0.1) is 7.11 Å². The van der Waals surface area contributed by atoms with Gasteiger partial charge in [0.25, 0.3) is 0 Å². The molecule has 0 saturated carbocycles. The Kier molecular flexibility index (Phi) is 4.66. The molecule has 1 unspecified atom stereocenters. The van der Waals surface area contributed by atoms with Gasteiger partial charge in [-0.2, -0.15) is 0 Å². The van der Waals surface area contributed by atoms with Crippen molar-refractivity contribution < 1.29 is 19.0 Å². The Balaban J connectivity index is 1.66. The molecule has 0 aliphatic heterocycles. The lowest BCUT2D eigenvalue weighted by Gasteiger charge is -2.14. The maximum Gasteiger partial charge on any atom is 0.352 e. The lowest BCUT2D eigenvalue weighted by molar-refractivity contribution is -0.141. The van der Waals surface area contributed by atoms with Crippen LogP contribution >= 0.6 is 0 Å². The zero-order valence-corrected chi connectivity index (χ0v) is 13.6. The largest absolute Gasteiger partial charge is 0.497 e. The Morgan fingerprint density at radius 1 is 0.833 bits per heavy atom. The molecule has 0 heterocycles. The van der Waals surface area contributed by atoms with Gasteiger partial charge in [-0.15, -0.1) is 0 Å². The highest BCUT2D eigenvalue weighted by atomic mass is 16.6. The summed E-state index contributed by atoms with van der Waals surface area (Å²) in [5.74, 6) is 1.37. The molecule has 1 atom stereocenters. The second-order valence-electron chi connectivity index (χ2n) is 5.37. The number of hydrogen-bond acceptors (Lipinski definition) is 4. The Morgan fingerprint density at radius 2 is 1.46 bits per heavy atom. The van der Waals surface area contributed by atoms with Crippen LogP contribution in [0, 0.1) is 0 Å². The summed E-state index contributed by atoms with van der Waals surface area (Å²) < 4.78 is 16.1. The number of benzene rings is 3. The van der Waals surface area contributed by atoms with Gasteiger partial charge < -0.3 is 14.2 Å². The maximum atomic E-state index is 12.2. The summed E-state index contributed by atoms with van der Waals surface area (Å²) in [6.07, 6.45) is -0.718. The minimum absolute atomic E-state index is 0.443. The first-order valence-electron chi connectivity index (χ1n) is 7.67. The zero-order chi connectivity index (χ0) is 16.9. The average Bonchev–Trinajstić information content (AvgIpc) is 2.62. The molecule has 0 N–H and O–H groups in total. The lowest BCUT2D eigenvalue weighted by Crippen LogP contribution is -2.28. The van der Waals surface area contributed by atoms with Crippen molar-refractivity contribution in [3.63, 3.8) is 0 Å². The van der Waals surface area contributed by atoms with E-state index in [0.717, 1.165) is 16.5 Å². The number of hydrogen-bond donors (Lipinski definition) is 0. The molecule has 0 aromatic heterocycles. The predicted molar refractivity (Wildman–Crippen MR) is 92.7 cm³/mol. The van der Waals surface area contributed by atoms with E-state index in [9.17, 15) is 4.79 Å². The van der Waals surface area contributed by atoms with Crippen LogP contribution in [0.5, 0.6) is 17.2 Å². The number of rotatable bonds is 5. The third kappa shape index (κ3) is 3.66. The summed E-state index contributed by atoms with van der Waals surface area (Å²) in [5, 5.41) is 2.12. The van der Waals surface area contributed by atoms with Gasteiger partial charge in [-0.1, -0.05) is 30.3 Å². The summed E-state index contributed by atoms with van der Waals surface area (Å²) in [4.78, 5) is 12.2. The Hall–Kier alpha value is -3.01. The van der Waals surface area contributed by atoms with Crippen LogP contribution in [0.2, 0.25) is 0 Å². The number of methoxy groups -OCH3 is 1. The SMILES string of the molecule is COc1ccc(OC(C)C(=O)Oc2ccc3ccccc3c2)cc1. The quantitative estimate of drug-likeness (QED) is 0.521. The second-order valence-corrected chi connectivity index (χ2v) is 5.37. The number of esters is 1. The van der Waals surface area contributed by atoms with Crippen molar-refractivity contribution in [3.05, 3.63) is 66.7 Å². The van der Waals surface area contributed by atoms with E-state index in [1.54, 1.807) is 44.4 Å². The molecule has 24 heavy (non-hydrogen) atoms. The van der Waals surface area contributed by atoms with Crippen molar-refractivity contribution in [2.24, 2.45) is 0 Å². The minimum Gasteiger partial charge on any atom is -0.497 e. The maximum absolute atomic E-state index is 12.2. The topological polar surface area (TPSA) is 44.8 Å². The van der Waals surface area contributed by atoms with E-state index in [0.29, 0.717) is 11.5 Å². The molecule has 0 aliphatic rings. The van der Waals surface area contributed by atoms with E-state index in [1.807, 2.05) is 36.4 Å². The molecule has 3 aromatic carbocycles. The van der Waals surface area contributed by atoms with Gasteiger partial charge in [0.1, 0.15) is 17.2 Å². The summed E-state index contributed by atoms with van der Waals surface area (Å²) in [7, 11) is 1.60. The van der Waals surface area contributed by atoms with Gasteiger partial charge in [-0.25, -0.2) is 4.79 Å². The van der Waals surface area contributed by atoms with Crippen molar-refractivity contribution in [1.82, 2.24) is 0 Å². The van der Waals surface area contributed by atoms with Crippen LogP contribution in [0.1, 0.15) is 6.92 Å². The molecule has 3 rings (SSSR count). The molecule has 3 aromatic rings. The first kappa shape index (κ1) is 15.9. The predicted octanol–water partition coefficient (Wildman–Crippen LogP) is 4.22. The first-order valence-corrected chi connectivity index (χ1v) is 7.67. The van der Waals surface area contributed by atoms with Crippen LogP contribution < -0.4 is 14.2 Å². The van der Waals surface area contributed by atoms with Crippen molar-refractivity contribution in [2.75, 3.05) is 7.11 Å². The first-order chi connectivity index (χ1) is 11.7. The number of carbonyl (C=O) groups excluding carboxylic acids is 1. The van der Waals surface area contributed by atoms with Crippen molar-refractivity contribution in [1.29, 1.82) is 0 Å². The molecule has 4 heteroatoms. The number of ether oxygens (including phenoxy) is 3. The van der Waals surface area contributed by atoms with Gasteiger partial charge in [0.2, 0.25) is 0 Å². The summed E-state index contributed by atoms with van der Waals surface area (Å²) in [6.45, 7) is 1.66. The van der Waals surface area contributed by atoms with E-state index < -0.39 is 12.1 Å². The fourth-order valence-electron chi connectivity index (χ4n) is 2.34. The van der Waals surface area contributed by atoms with E-state index in [-0.39, 0.29) is 0 Å². The second kappa shape index (κ2) is 7.04. The standard InChI is InChI=1S/C20H18O4/c1-14(23-18-11-9-17(22-2)10-12-18)20(21)24-19-8-7-15-5-3-4-6-16(15)13-19/h3-14H,1-2H3. The lowest BCUT2D eigenvalue weighted by atomic mass is 10.1. The van der Waals surface area contributed by atoms with Crippen LogP contribution in [0.3, 0.4) is 0 Å². The van der Waals surface area contributed by atoms with E-state index in [1.165, 1.54) is 0 Å². The van der Waals surface area contributed by atoms with Gasteiger partial charge in [-0.05, 0) is 54.1 Å². The van der Waals surface area contributed by atoms with Gasteiger partial charge >= 0.3 is 5.97 Å². The number of carbonyl (C=O) groups is 1.